The molecule has 0 saturated carbocycles. The lowest BCUT2D eigenvalue weighted by molar-refractivity contribution is -0.151. The van der Waals surface area contributed by atoms with Gasteiger partial charge in [0.1, 0.15) is 6.79 Å². The highest BCUT2D eigenvalue weighted by Crippen LogP contribution is 2.14. The zero-order chi connectivity index (χ0) is 6.69. The molecule has 1 aliphatic rings. The van der Waals surface area contributed by atoms with E-state index in [-0.39, 0.29) is 0 Å². The number of ether oxygens (including phenoxy) is 2. The minimum Gasteiger partial charge on any atom is -0.355 e. The Labute approximate surface area is 56.2 Å². The van der Waals surface area contributed by atoms with E-state index in [1.54, 1.807) is 0 Å². The summed E-state index contributed by atoms with van der Waals surface area (Å²) in [6.45, 7) is 5.71. The monoisotopic (exact) mass is 130 g/mol. The minimum absolute atomic E-state index is 0.429. The van der Waals surface area contributed by atoms with Crippen molar-refractivity contribution < 1.29 is 9.47 Å². The fraction of sp³-hybridized carbons (Fsp3) is 1.00. The quantitative estimate of drug-likeness (QED) is 0.534. The van der Waals surface area contributed by atoms with Gasteiger partial charge >= 0.3 is 0 Å². The molecule has 2 heteroatoms. The second kappa shape index (κ2) is 3.18. The van der Waals surface area contributed by atoms with Gasteiger partial charge in [-0.25, -0.2) is 0 Å². The lowest BCUT2D eigenvalue weighted by Crippen LogP contribution is -2.27. The summed E-state index contributed by atoms with van der Waals surface area (Å²) in [6.07, 6.45) is 1.48. The largest absolute Gasteiger partial charge is 0.355 e. The Bertz CT molecular complexity index is 75.0. The van der Waals surface area contributed by atoms with Gasteiger partial charge in [-0.05, 0) is 12.3 Å². The van der Waals surface area contributed by atoms with Gasteiger partial charge in [-0.1, -0.05) is 13.8 Å². The van der Waals surface area contributed by atoms with Crippen LogP contribution < -0.4 is 0 Å². The summed E-state index contributed by atoms with van der Waals surface area (Å²) in [5.41, 5.74) is 0. The van der Waals surface area contributed by atoms with Crippen LogP contribution in [0.25, 0.3) is 0 Å². The van der Waals surface area contributed by atoms with E-state index < -0.39 is 0 Å². The first-order chi connectivity index (χ1) is 4.30. The SMILES string of the molecule is CC(C)C1CCOCO1. The van der Waals surface area contributed by atoms with Crippen molar-refractivity contribution in [2.45, 2.75) is 26.4 Å². The molecule has 1 unspecified atom stereocenters. The van der Waals surface area contributed by atoms with Crippen molar-refractivity contribution in [1.29, 1.82) is 0 Å². The molecule has 1 rings (SSSR count). The molecule has 2 nitrogen and oxygen atoms in total. The summed E-state index contributed by atoms with van der Waals surface area (Å²) in [5.74, 6) is 0.633. The van der Waals surface area contributed by atoms with E-state index in [1.807, 2.05) is 0 Å². The Balaban J connectivity index is 2.23. The first kappa shape index (κ1) is 7.03. The molecule has 1 aliphatic heterocycles. The average molecular weight is 130 g/mol. The molecular formula is C7H14O2. The van der Waals surface area contributed by atoms with Gasteiger partial charge < -0.3 is 9.47 Å². The zero-order valence-electron chi connectivity index (χ0n) is 6.09. The highest BCUT2D eigenvalue weighted by molar-refractivity contribution is 4.63. The third-order valence-electron chi connectivity index (χ3n) is 1.66. The molecular weight excluding hydrogens is 116 g/mol. The molecule has 1 fully saturated rings. The smallest absolute Gasteiger partial charge is 0.147 e. The summed E-state index contributed by atoms with van der Waals surface area (Å²) >= 11 is 0. The van der Waals surface area contributed by atoms with Crippen LogP contribution in [0.1, 0.15) is 20.3 Å². The molecule has 54 valence electrons. The van der Waals surface area contributed by atoms with Crippen LogP contribution in [0, 0.1) is 5.92 Å². The molecule has 0 aromatic rings. The van der Waals surface area contributed by atoms with Gasteiger partial charge in [0, 0.05) is 0 Å². The fourth-order valence-corrected chi connectivity index (χ4v) is 1.00. The Hall–Kier alpha value is -0.0800. The predicted molar refractivity (Wildman–Crippen MR) is 35.1 cm³/mol. The van der Waals surface area contributed by atoms with Crippen LogP contribution in [0.4, 0.5) is 0 Å². The topological polar surface area (TPSA) is 18.5 Å². The van der Waals surface area contributed by atoms with Crippen LogP contribution in [-0.2, 0) is 9.47 Å². The lowest BCUT2D eigenvalue weighted by atomic mass is 10.0. The van der Waals surface area contributed by atoms with E-state index in [9.17, 15) is 0 Å². The predicted octanol–water partition coefficient (Wildman–Crippen LogP) is 1.41. The first-order valence-electron chi connectivity index (χ1n) is 3.50. The standard InChI is InChI=1S/C7H14O2/c1-6(2)7-3-4-8-5-9-7/h6-7H,3-5H2,1-2H3. The molecule has 0 radical (unpaired) electrons. The molecule has 1 heterocycles. The first-order valence-corrected chi connectivity index (χ1v) is 3.50. The van der Waals surface area contributed by atoms with Gasteiger partial charge in [-0.3, -0.25) is 0 Å². The van der Waals surface area contributed by atoms with Crippen molar-refractivity contribution in [3.8, 4) is 0 Å². The van der Waals surface area contributed by atoms with Gasteiger partial charge in [0.25, 0.3) is 0 Å². The molecule has 0 spiro atoms. The van der Waals surface area contributed by atoms with Crippen LogP contribution in [-0.4, -0.2) is 19.5 Å². The molecule has 0 aliphatic carbocycles. The number of hydrogen-bond donors (Lipinski definition) is 0. The second-order valence-corrected chi connectivity index (χ2v) is 2.76. The molecule has 9 heavy (non-hydrogen) atoms. The molecule has 1 saturated heterocycles. The van der Waals surface area contributed by atoms with E-state index in [2.05, 4.69) is 13.8 Å². The number of hydrogen-bond acceptors (Lipinski definition) is 2. The van der Waals surface area contributed by atoms with Gasteiger partial charge in [-0.2, -0.15) is 0 Å². The highest BCUT2D eigenvalue weighted by Gasteiger charge is 2.16. The maximum atomic E-state index is 5.32. The fourth-order valence-electron chi connectivity index (χ4n) is 1.00. The van der Waals surface area contributed by atoms with Crippen LogP contribution in [0.3, 0.4) is 0 Å². The Kier molecular flexibility index (Phi) is 2.49. The summed E-state index contributed by atoms with van der Waals surface area (Å²) in [5, 5.41) is 0. The van der Waals surface area contributed by atoms with Crippen LogP contribution >= 0.6 is 0 Å². The zero-order valence-corrected chi connectivity index (χ0v) is 6.09. The van der Waals surface area contributed by atoms with Crippen molar-refractivity contribution in [2.75, 3.05) is 13.4 Å². The maximum absolute atomic E-state index is 5.32. The Morgan fingerprint density at radius 1 is 1.44 bits per heavy atom. The van der Waals surface area contributed by atoms with E-state index >= 15 is 0 Å². The van der Waals surface area contributed by atoms with E-state index in [4.69, 9.17) is 9.47 Å². The third kappa shape index (κ3) is 1.95. The van der Waals surface area contributed by atoms with Gasteiger partial charge in [0.15, 0.2) is 0 Å². The van der Waals surface area contributed by atoms with Crippen LogP contribution in [0.2, 0.25) is 0 Å². The minimum atomic E-state index is 0.429. The van der Waals surface area contributed by atoms with Gasteiger partial charge in [0.2, 0.25) is 0 Å². The van der Waals surface area contributed by atoms with E-state index in [1.165, 1.54) is 0 Å². The Morgan fingerprint density at radius 3 is 2.56 bits per heavy atom. The van der Waals surface area contributed by atoms with Gasteiger partial charge in [0.05, 0.1) is 12.7 Å². The summed E-state index contributed by atoms with van der Waals surface area (Å²) in [4.78, 5) is 0. The lowest BCUT2D eigenvalue weighted by Gasteiger charge is -2.25. The molecule has 0 aromatic heterocycles. The van der Waals surface area contributed by atoms with Crippen molar-refractivity contribution in [2.24, 2.45) is 5.92 Å². The van der Waals surface area contributed by atoms with Crippen molar-refractivity contribution in [3.05, 3.63) is 0 Å². The summed E-state index contributed by atoms with van der Waals surface area (Å²) in [7, 11) is 0. The van der Waals surface area contributed by atoms with E-state index in [0.29, 0.717) is 18.8 Å². The Morgan fingerprint density at radius 2 is 2.22 bits per heavy atom. The van der Waals surface area contributed by atoms with E-state index in [0.717, 1.165) is 13.0 Å². The van der Waals surface area contributed by atoms with Crippen molar-refractivity contribution >= 4 is 0 Å². The maximum Gasteiger partial charge on any atom is 0.147 e. The van der Waals surface area contributed by atoms with Crippen molar-refractivity contribution in [3.63, 3.8) is 0 Å². The molecule has 0 N–H and O–H groups in total. The summed E-state index contributed by atoms with van der Waals surface area (Å²) in [6, 6.07) is 0. The van der Waals surface area contributed by atoms with Gasteiger partial charge in [-0.15, -0.1) is 0 Å². The normalized spacial score (nSPS) is 29.0. The molecule has 0 amide bonds. The highest BCUT2D eigenvalue weighted by atomic mass is 16.7. The number of rotatable bonds is 1. The molecule has 1 atom stereocenters. The molecule has 0 bridgehead atoms. The average Bonchev–Trinajstić information content (AvgIpc) is 1.90. The summed E-state index contributed by atoms with van der Waals surface area (Å²) < 4.78 is 10.3. The molecule has 0 aromatic carbocycles. The third-order valence-corrected chi connectivity index (χ3v) is 1.66. The van der Waals surface area contributed by atoms with Crippen LogP contribution in [0.5, 0.6) is 0 Å². The van der Waals surface area contributed by atoms with Crippen LogP contribution in [0.15, 0.2) is 0 Å². The second-order valence-electron chi connectivity index (χ2n) is 2.76. The van der Waals surface area contributed by atoms with Crippen molar-refractivity contribution in [1.82, 2.24) is 0 Å².